The number of carbonyl (C=O) groups is 3. The molecule has 1 saturated heterocycles. The van der Waals surface area contributed by atoms with E-state index in [9.17, 15) is 18.8 Å². The first kappa shape index (κ1) is 19.9. The number of carbonyl (C=O) groups excluding carboxylic acids is 3. The van der Waals surface area contributed by atoms with Crippen molar-refractivity contribution in [3.05, 3.63) is 83.3 Å². The van der Waals surface area contributed by atoms with Crippen LogP contribution in [0.25, 0.3) is 0 Å². The number of likely N-dealkylation sites (N-methyl/N-ethyl adjacent to an activating group) is 1. The lowest BCUT2D eigenvalue weighted by Gasteiger charge is -2.09. The van der Waals surface area contributed by atoms with E-state index in [0.717, 1.165) is 6.08 Å². The van der Waals surface area contributed by atoms with Crippen molar-refractivity contribution in [1.29, 1.82) is 0 Å². The zero-order valence-electron chi connectivity index (χ0n) is 15.4. The van der Waals surface area contributed by atoms with Crippen LogP contribution >= 0.6 is 0 Å². The summed E-state index contributed by atoms with van der Waals surface area (Å²) in [6.07, 6.45) is 1.16. The molecule has 1 heterocycles. The van der Waals surface area contributed by atoms with E-state index in [4.69, 9.17) is 0 Å². The molecule has 0 aromatic heterocycles. The van der Waals surface area contributed by atoms with Gasteiger partial charge in [-0.15, -0.1) is 0 Å². The number of rotatable bonds is 5. The van der Waals surface area contributed by atoms with Crippen LogP contribution in [0.3, 0.4) is 0 Å². The van der Waals surface area contributed by atoms with Crippen LogP contribution in [-0.4, -0.2) is 35.6 Å². The van der Waals surface area contributed by atoms with Gasteiger partial charge in [-0.1, -0.05) is 35.9 Å². The minimum Gasteiger partial charge on any atom is -0.347 e. The molecule has 1 fully saturated rings. The molecule has 8 nitrogen and oxygen atoms in total. The first-order valence-electron chi connectivity index (χ1n) is 8.57. The lowest BCUT2D eigenvalue weighted by Crippen LogP contribution is -2.32. The Morgan fingerprint density at radius 3 is 2.48 bits per heavy atom. The molecule has 29 heavy (non-hydrogen) atoms. The Kier molecular flexibility index (Phi) is 6.10. The van der Waals surface area contributed by atoms with Gasteiger partial charge in [-0.05, 0) is 29.8 Å². The second kappa shape index (κ2) is 8.89. The zero-order chi connectivity index (χ0) is 20.8. The van der Waals surface area contributed by atoms with E-state index in [1.807, 2.05) is 0 Å². The average Bonchev–Trinajstić information content (AvgIpc) is 3.05. The van der Waals surface area contributed by atoms with Crippen LogP contribution in [0, 0.1) is 5.82 Å². The van der Waals surface area contributed by atoms with Crippen LogP contribution in [0.2, 0.25) is 0 Å². The number of aliphatic imine (C=N–C) groups is 1. The maximum Gasteiger partial charge on any atom is 0.376 e. The summed E-state index contributed by atoms with van der Waals surface area (Å²) < 4.78 is 13.0. The molecule has 2 N–H and O–H groups in total. The molecule has 0 radical (unpaired) electrons. The summed E-state index contributed by atoms with van der Waals surface area (Å²) in [5.41, 5.74) is 2.99. The van der Waals surface area contributed by atoms with E-state index >= 15 is 0 Å². The Labute approximate surface area is 165 Å². The maximum atomic E-state index is 13.0. The number of hydrogen-bond acceptors (Lipinski definition) is 6. The van der Waals surface area contributed by atoms with Gasteiger partial charge >= 0.3 is 5.97 Å². The minimum absolute atomic E-state index is 0.00143. The fourth-order valence-corrected chi connectivity index (χ4v) is 2.41. The third kappa shape index (κ3) is 5.11. The molecule has 0 bridgehead atoms. The molecular formula is C20H17FN4O4. The van der Waals surface area contributed by atoms with Gasteiger partial charge in [0.25, 0.3) is 11.8 Å². The molecular weight excluding hydrogens is 379 g/mol. The summed E-state index contributed by atoms with van der Waals surface area (Å²) in [5, 5.41) is 3.85. The number of halogens is 1. The van der Waals surface area contributed by atoms with E-state index in [2.05, 4.69) is 20.7 Å². The maximum absolute atomic E-state index is 13.0. The summed E-state index contributed by atoms with van der Waals surface area (Å²) in [7, 11) is 1.50. The normalized spacial score (nSPS) is 15.4. The van der Waals surface area contributed by atoms with E-state index in [0.29, 0.717) is 5.56 Å². The average molecular weight is 396 g/mol. The summed E-state index contributed by atoms with van der Waals surface area (Å²) >= 11 is 0. The van der Waals surface area contributed by atoms with Crippen molar-refractivity contribution in [1.82, 2.24) is 15.9 Å². The number of benzene rings is 2. The predicted octanol–water partition coefficient (Wildman–Crippen LogP) is 1.52. The van der Waals surface area contributed by atoms with Gasteiger partial charge in [0.2, 0.25) is 0 Å². The molecule has 3 rings (SSSR count). The number of nitrogens with zero attached hydrogens (tertiary/aromatic N) is 2. The van der Waals surface area contributed by atoms with E-state index < -0.39 is 23.6 Å². The fourth-order valence-electron chi connectivity index (χ4n) is 2.41. The molecule has 2 aromatic carbocycles. The lowest BCUT2D eigenvalue weighted by molar-refractivity contribution is -0.142. The van der Waals surface area contributed by atoms with Crippen molar-refractivity contribution in [2.24, 2.45) is 4.99 Å². The van der Waals surface area contributed by atoms with Gasteiger partial charge in [0.15, 0.2) is 0 Å². The first-order chi connectivity index (χ1) is 13.9. The zero-order valence-corrected chi connectivity index (χ0v) is 15.4. The van der Waals surface area contributed by atoms with Gasteiger partial charge in [-0.3, -0.25) is 14.6 Å². The van der Waals surface area contributed by atoms with Gasteiger partial charge in [-0.2, -0.15) is 0 Å². The second-order valence-corrected chi connectivity index (χ2v) is 6.05. The number of amides is 2. The molecule has 9 heteroatoms. The summed E-state index contributed by atoms with van der Waals surface area (Å²) in [4.78, 5) is 45.4. The molecule has 1 aliphatic rings. The van der Waals surface area contributed by atoms with E-state index in [1.54, 1.807) is 30.3 Å². The number of hydrazine groups is 1. The van der Waals surface area contributed by atoms with Crippen molar-refractivity contribution in [2.45, 2.75) is 6.54 Å². The molecule has 0 saturated carbocycles. The van der Waals surface area contributed by atoms with Gasteiger partial charge in [0, 0.05) is 25.2 Å². The quantitative estimate of drug-likeness (QED) is 0.587. The van der Waals surface area contributed by atoms with Crippen molar-refractivity contribution < 1.29 is 23.6 Å². The van der Waals surface area contributed by atoms with Gasteiger partial charge in [0.05, 0.1) is 0 Å². The lowest BCUT2D eigenvalue weighted by atomic mass is 10.2. The Hall–Kier alpha value is -3.85. The topological polar surface area (TPSA) is 100 Å². The van der Waals surface area contributed by atoms with Crippen LogP contribution in [0.1, 0.15) is 15.9 Å². The van der Waals surface area contributed by atoms with Crippen LogP contribution in [0.4, 0.5) is 4.39 Å². The Bertz CT molecular complexity index is 987. The molecule has 1 aliphatic heterocycles. The van der Waals surface area contributed by atoms with Gasteiger partial charge in [0.1, 0.15) is 17.2 Å². The highest BCUT2D eigenvalue weighted by Crippen LogP contribution is 2.10. The number of nitrogens with one attached hydrogen (secondary N) is 2. The van der Waals surface area contributed by atoms with Crippen LogP contribution < -0.4 is 10.9 Å². The fraction of sp³-hybridized carbons (Fsp3) is 0.100. The molecule has 2 aromatic rings. The Morgan fingerprint density at radius 1 is 1.17 bits per heavy atom. The third-order valence-electron chi connectivity index (χ3n) is 3.96. The molecule has 148 valence electrons. The largest absolute Gasteiger partial charge is 0.376 e. The van der Waals surface area contributed by atoms with Gasteiger partial charge < -0.3 is 10.2 Å². The number of hydrogen-bond donors (Lipinski definition) is 2. The smallest absolute Gasteiger partial charge is 0.347 e. The van der Waals surface area contributed by atoms with Crippen molar-refractivity contribution in [3.8, 4) is 0 Å². The van der Waals surface area contributed by atoms with Gasteiger partial charge in [-0.25, -0.2) is 14.2 Å². The summed E-state index contributed by atoms with van der Waals surface area (Å²) in [6, 6.07) is 13.8. The highest BCUT2D eigenvalue weighted by Gasteiger charge is 2.26. The third-order valence-corrected chi connectivity index (χ3v) is 3.96. The molecule has 0 atom stereocenters. The van der Waals surface area contributed by atoms with Crippen LogP contribution in [-0.2, 0) is 21.0 Å². The van der Waals surface area contributed by atoms with Crippen LogP contribution in [0.5, 0.6) is 0 Å². The Morgan fingerprint density at radius 2 is 1.86 bits per heavy atom. The Balaban J connectivity index is 1.85. The first-order valence-corrected chi connectivity index (χ1v) is 8.57. The second-order valence-electron chi connectivity index (χ2n) is 6.05. The summed E-state index contributed by atoms with van der Waals surface area (Å²) in [6.45, 7) is 0.0827. The SMILES string of the molecule is CN1NOC(=O)/C1=C\C(=NC(=O)c1ccccc1)C(=O)NCc1ccc(F)cc1. The predicted molar refractivity (Wildman–Crippen MR) is 102 cm³/mol. The molecule has 0 unspecified atom stereocenters. The van der Waals surface area contributed by atoms with E-state index in [1.165, 1.54) is 36.3 Å². The summed E-state index contributed by atoms with van der Waals surface area (Å²) in [5.74, 6) is -2.44. The highest BCUT2D eigenvalue weighted by atomic mass is 19.1. The minimum atomic E-state index is -0.723. The van der Waals surface area contributed by atoms with Crippen molar-refractivity contribution in [2.75, 3.05) is 7.05 Å². The van der Waals surface area contributed by atoms with Crippen molar-refractivity contribution >= 4 is 23.5 Å². The standard InChI is InChI=1S/C20H17FN4O4/c1-25-17(20(28)29-24-25)11-16(23-18(26)14-5-3-2-4-6-14)19(27)22-12-13-7-9-15(21)10-8-13/h2-11,24H,12H2,1H3,(H,22,27)/b17-11+,23-16?. The van der Waals surface area contributed by atoms with Crippen LogP contribution in [0.15, 0.2) is 71.4 Å². The molecule has 0 aliphatic carbocycles. The van der Waals surface area contributed by atoms with Crippen molar-refractivity contribution in [3.63, 3.8) is 0 Å². The monoisotopic (exact) mass is 396 g/mol. The molecule has 0 spiro atoms. The van der Waals surface area contributed by atoms with E-state index in [-0.39, 0.29) is 23.5 Å². The highest BCUT2D eigenvalue weighted by molar-refractivity contribution is 6.45. The molecule has 2 amide bonds.